The maximum Gasteiger partial charge on any atom is 0.253 e. The molecule has 6 rings (SSSR count). The number of hydrogen-bond acceptors (Lipinski definition) is 4. The van der Waals surface area contributed by atoms with E-state index in [9.17, 15) is 9.59 Å². The van der Waals surface area contributed by atoms with Gasteiger partial charge in [0.05, 0.1) is 14.2 Å². The van der Waals surface area contributed by atoms with Crippen molar-refractivity contribution in [1.29, 1.82) is 0 Å². The molecule has 1 aromatic rings. The number of carbonyl (C=O) groups excluding carboxylic acids is 2. The van der Waals surface area contributed by atoms with Gasteiger partial charge in [-0.2, -0.15) is 0 Å². The second kappa shape index (κ2) is 8.60. The van der Waals surface area contributed by atoms with E-state index < -0.39 is 0 Å². The van der Waals surface area contributed by atoms with Gasteiger partial charge in [-0.25, -0.2) is 0 Å². The molecule has 1 N–H and O–H groups in total. The second-order valence-corrected chi connectivity index (χ2v) is 10.8. The van der Waals surface area contributed by atoms with Crippen LogP contribution in [0.1, 0.15) is 68.1 Å². The van der Waals surface area contributed by atoms with Gasteiger partial charge in [-0.15, -0.1) is 0 Å². The van der Waals surface area contributed by atoms with Gasteiger partial charge >= 0.3 is 0 Å². The molecule has 1 aliphatic heterocycles. The first kappa shape index (κ1) is 21.6. The summed E-state index contributed by atoms with van der Waals surface area (Å²) in [6.45, 7) is 1.32. The number of methoxy groups -OCH3 is 2. The SMILES string of the molecule is COc1ccc(C(=O)N2CCC(NC(=O)CC34CC5CC(CC(C5)C3)C4)CC2)cc1OC. The molecular weight excluding hydrogens is 404 g/mol. The largest absolute Gasteiger partial charge is 0.493 e. The molecule has 5 fully saturated rings. The number of piperidine rings is 1. The highest BCUT2D eigenvalue weighted by Gasteiger charge is 2.51. The Morgan fingerprint density at radius 1 is 0.969 bits per heavy atom. The fourth-order valence-corrected chi connectivity index (χ4v) is 7.50. The van der Waals surface area contributed by atoms with Gasteiger partial charge in [-0.3, -0.25) is 9.59 Å². The van der Waals surface area contributed by atoms with E-state index in [1.165, 1.54) is 38.5 Å². The van der Waals surface area contributed by atoms with Crippen molar-refractivity contribution in [2.45, 2.75) is 63.8 Å². The van der Waals surface area contributed by atoms with Crippen molar-refractivity contribution < 1.29 is 19.1 Å². The van der Waals surface area contributed by atoms with Gasteiger partial charge in [0.25, 0.3) is 5.91 Å². The van der Waals surface area contributed by atoms with Crippen molar-refractivity contribution >= 4 is 11.8 Å². The molecule has 0 spiro atoms. The van der Waals surface area contributed by atoms with Crippen molar-refractivity contribution in [3.63, 3.8) is 0 Å². The Bertz CT molecular complexity index is 839. The molecule has 4 aliphatic carbocycles. The van der Waals surface area contributed by atoms with Gasteiger partial charge in [0, 0.05) is 31.1 Å². The van der Waals surface area contributed by atoms with Crippen molar-refractivity contribution in [1.82, 2.24) is 10.2 Å². The number of carbonyl (C=O) groups is 2. The van der Waals surface area contributed by atoms with Crippen LogP contribution in [0.2, 0.25) is 0 Å². The summed E-state index contributed by atoms with van der Waals surface area (Å²) in [5.41, 5.74) is 0.884. The van der Waals surface area contributed by atoms with E-state index in [0.29, 0.717) is 36.6 Å². The fraction of sp³-hybridized carbons (Fsp3) is 0.692. The van der Waals surface area contributed by atoms with E-state index in [2.05, 4.69) is 5.32 Å². The number of hydrogen-bond donors (Lipinski definition) is 1. The van der Waals surface area contributed by atoms with Gasteiger partial charge < -0.3 is 19.7 Å². The minimum atomic E-state index is 0.00398. The molecule has 5 aliphatic rings. The number of ether oxygens (including phenoxy) is 2. The Morgan fingerprint density at radius 2 is 1.56 bits per heavy atom. The quantitative estimate of drug-likeness (QED) is 0.725. The highest BCUT2D eigenvalue weighted by molar-refractivity contribution is 5.95. The lowest BCUT2D eigenvalue weighted by atomic mass is 9.49. The Kier molecular flexibility index (Phi) is 5.81. The first-order valence-electron chi connectivity index (χ1n) is 12.3. The van der Waals surface area contributed by atoms with Crippen LogP contribution in [-0.4, -0.2) is 50.1 Å². The van der Waals surface area contributed by atoms with Crippen LogP contribution in [0.25, 0.3) is 0 Å². The van der Waals surface area contributed by atoms with Crippen LogP contribution in [0.4, 0.5) is 0 Å². The summed E-state index contributed by atoms with van der Waals surface area (Å²) >= 11 is 0. The van der Waals surface area contributed by atoms with Crippen LogP contribution < -0.4 is 14.8 Å². The van der Waals surface area contributed by atoms with Gasteiger partial charge in [0.15, 0.2) is 11.5 Å². The monoisotopic (exact) mass is 440 g/mol. The molecule has 0 unspecified atom stereocenters. The lowest BCUT2D eigenvalue weighted by Gasteiger charge is -2.56. The Balaban J connectivity index is 1.13. The number of nitrogens with one attached hydrogen (secondary N) is 1. The maximum atomic E-state index is 13.0. The van der Waals surface area contributed by atoms with E-state index >= 15 is 0 Å². The number of likely N-dealkylation sites (tertiary alicyclic amines) is 1. The second-order valence-electron chi connectivity index (χ2n) is 10.8. The zero-order valence-electron chi connectivity index (χ0n) is 19.4. The van der Waals surface area contributed by atoms with Crippen LogP contribution >= 0.6 is 0 Å². The molecule has 6 nitrogen and oxygen atoms in total. The molecule has 4 saturated carbocycles. The zero-order chi connectivity index (χ0) is 22.3. The summed E-state index contributed by atoms with van der Waals surface area (Å²) in [4.78, 5) is 27.8. The van der Waals surface area contributed by atoms with Crippen LogP contribution in [0.15, 0.2) is 18.2 Å². The lowest BCUT2D eigenvalue weighted by molar-refractivity contribution is -0.130. The molecule has 4 bridgehead atoms. The molecule has 0 aromatic heterocycles. The molecular formula is C26H36N2O4. The van der Waals surface area contributed by atoms with Crippen molar-refractivity contribution in [2.24, 2.45) is 23.2 Å². The number of rotatable bonds is 6. The van der Waals surface area contributed by atoms with Crippen LogP contribution in [0, 0.1) is 23.2 Å². The highest BCUT2D eigenvalue weighted by Crippen LogP contribution is 2.61. The molecule has 6 heteroatoms. The van der Waals surface area contributed by atoms with Crippen LogP contribution in [-0.2, 0) is 4.79 Å². The number of nitrogens with zero attached hydrogens (tertiary/aromatic N) is 1. The maximum absolute atomic E-state index is 13.0. The molecule has 1 saturated heterocycles. The molecule has 0 radical (unpaired) electrons. The minimum Gasteiger partial charge on any atom is -0.493 e. The summed E-state index contributed by atoms with van der Waals surface area (Å²) in [7, 11) is 3.16. The topological polar surface area (TPSA) is 67.9 Å². The van der Waals surface area contributed by atoms with Crippen molar-refractivity contribution in [3.05, 3.63) is 23.8 Å². The average molecular weight is 441 g/mol. The summed E-state index contributed by atoms with van der Waals surface area (Å²) in [6.07, 6.45) is 10.4. The number of benzene rings is 1. The highest BCUT2D eigenvalue weighted by atomic mass is 16.5. The molecule has 2 amide bonds. The molecule has 1 aromatic carbocycles. The average Bonchev–Trinajstić information content (AvgIpc) is 2.77. The van der Waals surface area contributed by atoms with Crippen LogP contribution in [0.3, 0.4) is 0 Å². The third kappa shape index (κ3) is 4.20. The van der Waals surface area contributed by atoms with Gasteiger partial charge in [0.2, 0.25) is 5.91 Å². The summed E-state index contributed by atoms with van der Waals surface area (Å²) in [5.74, 6) is 4.04. The number of amides is 2. The molecule has 0 atom stereocenters. The molecule has 174 valence electrons. The van der Waals surface area contributed by atoms with Crippen LogP contribution in [0.5, 0.6) is 11.5 Å². The standard InChI is InChI=1S/C26H36N2O4/c1-31-22-4-3-20(12-23(22)32-2)25(30)28-7-5-21(6-8-28)27-24(29)16-26-13-17-9-18(14-26)11-19(10-17)15-26/h3-4,12,17-19,21H,5-11,13-16H2,1-2H3,(H,27,29). The lowest BCUT2D eigenvalue weighted by Crippen LogP contribution is -2.50. The van der Waals surface area contributed by atoms with Crippen molar-refractivity contribution in [3.8, 4) is 11.5 Å². The minimum absolute atomic E-state index is 0.00398. The normalized spacial score (nSPS) is 31.4. The summed E-state index contributed by atoms with van der Waals surface area (Å²) < 4.78 is 10.6. The van der Waals surface area contributed by atoms with E-state index in [-0.39, 0.29) is 23.3 Å². The Hall–Kier alpha value is -2.24. The van der Waals surface area contributed by atoms with Gasteiger partial charge in [0.1, 0.15) is 0 Å². The first-order valence-corrected chi connectivity index (χ1v) is 12.3. The third-order valence-corrected chi connectivity index (χ3v) is 8.48. The van der Waals surface area contributed by atoms with E-state index in [0.717, 1.165) is 30.6 Å². The van der Waals surface area contributed by atoms with E-state index in [4.69, 9.17) is 9.47 Å². The third-order valence-electron chi connectivity index (χ3n) is 8.48. The fourth-order valence-electron chi connectivity index (χ4n) is 7.50. The smallest absolute Gasteiger partial charge is 0.253 e. The molecule has 32 heavy (non-hydrogen) atoms. The summed E-state index contributed by atoms with van der Waals surface area (Å²) in [5, 5.41) is 3.31. The summed E-state index contributed by atoms with van der Waals surface area (Å²) in [6, 6.07) is 5.46. The van der Waals surface area contributed by atoms with Crippen molar-refractivity contribution in [2.75, 3.05) is 27.3 Å². The Morgan fingerprint density at radius 3 is 2.12 bits per heavy atom. The first-order chi connectivity index (χ1) is 15.5. The predicted octanol–water partition coefficient (Wildman–Crippen LogP) is 4.03. The predicted molar refractivity (Wildman–Crippen MR) is 122 cm³/mol. The molecule has 1 heterocycles. The van der Waals surface area contributed by atoms with E-state index in [1.54, 1.807) is 32.4 Å². The zero-order valence-corrected chi connectivity index (χ0v) is 19.4. The van der Waals surface area contributed by atoms with Gasteiger partial charge in [-0.1, -0.05) is 0 Å². The Labute approximate surface area is 191 Å². The van der Waals surface area contributed by atoms with Gasteiger partial charge in [-0.05, 0) is 92.7 Å². The van der Waals surface area contributed by atoms with E-state index in [1.807, 2.05) is 4.90 Å².